The van der Waals surface area contributed by atoms with Gasteiger partial charge >= 0.3 is 0 Å². The number of hydrogen-bond donors (Lipinski definition) is 0. The fraction of sp³-hybridized carbons (Fsp3) is 0.867. The monoisotopic (exact) mass is 284 g/mol. The van der Waals surface area contributed by atoms with Gasteiger partial charge in [-0.15, -0.1) is 11.8 Å². The van der Waals surface area contributed by atoms with Gasteiger partial charge in [0.2, 0.25) is 0 Å². The van der Waals surface area contributed by atoms with Gasteiger partial charge in [0.25, 0.3) is 0 Å². The first-order valence-electron chi connectivity index (χ1n) is 7.16. The molecule has 0 aliphatic carbocycles. The highest BCUT2D eigenvalue weighted by Crippen LogP contribution is 2.36. The topological polar surface area (TPSA) is 27.7 Å². The first kappa shape index (κ1) is 16.7. The molecule has 0 aromatic carbocycles. The van der Waals surface area contributed by atoms with Crippen molar-refractivity contribution in [3.8, 4) is 11.8 Å². The molecule has 1 rings (SSSR count). The van der Waals surface area contributed by atoms with E-state index in [1.54, 1.807) is 0 Å². The summed E-state index contributed by atoms with van der Waals surface area (Å²) in [6.07, 6.45) is 2.50. The highest BCUT2D eigenvalue weighted by Gasteiger charge is 2.36. The minimum absolute atomic E-state index is 0.0298. The zero-order valence-corrected chi connectivity index (χ0v) is 14.0. The van der Waals surface area contributed by atoms with Crippen LogP contribution in [0.2, 0.25) is 18.1 Å². The second-order valence-corrected chi connectivity index (χ2v) is 11.2. The summed E-state index contributed by atoms with van der Waals surface area (Å²) >= 11 is 0. The molecule has 0 spiro atoms. The van der Waals surface area contributed by atoms with Crippen molar-refractivity contribution >= 4 is 8.32 Å². The summed E-state index contributed by atoms with van der Waals surface area (Å²) in [4.78, 5) is 0. The van der Waals surface area contributed by atoms with E-state index in [4.69, 9.17) is 13.9 Å². The second kappa shape index (κ2) is 7.44. The van der Waals surface area contributed by atoms with Crippen LogP contribution in [0.25, 0.3) is 0 Å². The van der Waals surface area contributed by atoms with E-state index in [9.17, 15) is 0 Å². The molecule has 1 aliphatic heterocycles. The molecule has 0 saturated carbocycles. The van der Waals surface area contributed by atoms with Crippen LogP contribution in [-0.4, -0.2) is 34.4 Å². The third-order valence-electron chi connectivity index (χ3n) is 3.82. The maximum Gasteiger partial charge on any atom is 0.192 e. The SMILES string of the molecule is CC(C)(C)[Si](C)(C)OCCC#CCCC1OCCO1. The Bertz CT molecular complexity index is 317. The summed E-state index contributed by atoms with van der Waals surface area (Å²) in [5, 5.41) is 0.275. The molecular weight excluding hydrogens is 256 g/mol. The molecule has 0 bridgehead atoms. The first-order chi connectivity index (χ1) is 8.83. The Labute approximate surface area is 119 Å². The summed E-state index contributed by atoms with van der Waals surface area (Å²) in [6.45, 7) is 13.5. The van der Waals surface area contributed by atoms with Gasteiger partial charge in [0.15, 0.2) is 14.6 Å². The number of ether oxygens (including phenoxy) is 2. The van der Waals surface area contributed by atoms with Crippen molar-refractivity contribution in [2.24, 2.45) is 0 Å². The Morgan fingerprint density at radius 2 is 1.68 bits per heavy atom. The Morgan fingerprint density at radius 1 is 1.11 bits per heavy atom. The van der Waals surface area contributed by atoms with Gasteiger partial charge in [-0.1, -0.05) is 20.8 Å². The third-order valence-corrected chi connectivity index (χ3v) is 8.36. The molecule has 0 aromatic heterocycles. The summed E-state index contributed by atoms with van der Waals surface area (Å²) in [6, 6.07) is 0. The van der Waals surface area contributed by atoms with Gasteiger partial charge in [-0.3, -0.25) is 0 Å². The second-order valence-electron chi connectivity index (χ2n) is 6.42. The van der Waals surface area contributed by atoms with Crippen molar-refractivity contribution in [3.63, 3.8) is 0 Å². The van der Waals surface area contributed by atoms with E-state index in [-0.39, 0.29) is 11.3 Å². The standard InChI is InChI=1S/C15H28O3Si/c1-15(2,3)19(4,5)18-11-9-7-6-8-10-14-16-12-13-17-14/h14H,8-13H2,1-5H3. The molecular formula is C15H28O3Si. The van der Waals surface area contributed by atoms with Crippen LogP contribution in [0.4, 0.5) is 0 Å². The van der Waals surface area contributed by atoms with Crippen LogP contribution >= 0.6 is 0 Å². The molecule has 0 N–H and O–H groups in total. The van der Waals surface area contributed by atoms with Gasteiger partial charge < -0.3 is 13.9 Å². The molecule has 0 atom stereocenters. The lowest BCUT2D eigenvalue weighted by molar-refractivity contribution is -0.0454. The number of rotatable bonds is 5. The van der Waals surface area contributed by atoms with Crippen molar-refractivity contribution in [1.29, 1.82) is 0 Å². The molecule has 110 valence electrons. The summed E-state index contributed by atoms with van der Waals surface area (Å²) in [7, 11) is -1.60. The fourth-order valence-electron chi connectivity index (χ4n) is 1.51. The molecule has 1 fully saturated rings. The van der Waals surface area contributed by atoms with E-state index in [0.29, 0.717) is 0 Å². The molecule has 0 radical (unpaired) electrons. The van der Waals surface area contributed by atoms with E-state index >= 15 is 0 Å². The molecule has 4 heteroatoms. The molecule has 1 aliphatic rings. The first-order valence-corrected chi connectivity index (χ1v) is 10.1. The molecule has 0 amide bonds. The third kappa shape index (κ3) is 6.09. The Morgan fingerprint density at radius 3 is 2.26 bits per heavy atom. The van der Waals surface area contributed by atoms with E-state index in [0.717, 1.165) is 39.1 Å². The minimum Gasteiger partial charge on any atom is -0.416 e. The van der Waals surface area contributed by atoms with Crippen LogP contribution in [0, 0.1) is 11.8 Å². The quantitative estimate of drug-likeness (QED) is 0.439. The van der Waals surface area contributed by atoms with Gasteiger partial charge in [-0.25, -0.2) is 0 Å². The molecule has 0 aromatic rings. The maximum absolute atomic E-state index is 6.06. The van der Waals surface area contributed by atoms with Gasteiger partial charge in [0.1, 0.15) is 0 Å². The van der Waals surface area contributed by atoms with Crippen LogP contribution in [-0.2, 0) is 13.9 Å². The van der Waals surface area contributed by atoms with Crippen molar-refractivity contribution in [2.75, 3.05) is 19.8 Å². The van der Waals surface area contributed by atoms with E-state index in [1.165, 1.54) is 0 Å². The van der Waals surface area contributed by atoms with Crippen molar-refractivity contribution in [3.05, 3.63) is 0 Å². The molecule has 1 heterocycles. The predicted octanol–water partition coefficient (Wildman–Crippen LogP) is 3.55. The average molecular weight is 284 g/mol. The maximum atomic E-state index is 6.06. The smallest absolute Gasteiger partial charge is 0.192 e. The van der Waals surface area contributed by atoms with Gasteiger partial charge in [-0.05, 0) is 18.1 Å². The Balaban J connectivity index is 2.10. The summed E-state index contributed by atoms with van der Waals surface area (Å²) in [5.74, 6) is 6.33. The Kier molecular flexibility index (Phi) is 6.55. The summed E-state index contributed by atoms with van der Waals surface area (Å²) < 4.78 is 16.8. The van der Waals surface area contributed by atoms with Gasteiger partial charge in [-0.2, -0.15) is 0 Å². The highest BCUT2D eigenvalue weighted by atomic mass is 28.4. The van der Waals surface area contributed by atoms with Crippen molar-refractivity contribution < 1.29 is 13.9 Å². The van der Waals surface area contributed by atoms with Gasteiger partial charge in [0.05, 0.1) is 13.2 Å². The van der Waals surface area contributed by atoms with E-state index < -0.39 is 8.32 Å². The molecule has 0 unspecified atom stereocenters. The fourth-order valence-corrected chi connectivity index (χ4v) is 2.56. The van der Waals surface area contributed by atoms with Crippen LogP contribution in [0.3, 0.4) is 0 Å². The minimum atomic E-state index is -1.60. The lowest BCUT2D eigenvalue weighted by atomic mass is 10.2. The zero-order chi connectivity index (χ0) is 14.4. The van der Waals surface area contributed by atoms with Crippen molar-refractivity contribution in [1.82, 2.24) is 0 Å². The summed E-state index contributed by atoms with van der Waals surface area (Å²) in [5.41, 5.74) is 0. The van der Waals surface area contributed by atoms with Gasteiger partial charge in [0, 0.05) is 25.9 Å². The Hall–Kier alpha value is -0.343. The lowest BCUT2D eigenvalue weighted by Gasteiger charge is -2.35. The molecule has 1 saturated heterocycles. The van der Waals surface area contributed by atoms with Crippen LogP contribution in [0.1, 0.15) is 40.0 Å². The normalized spacial score (nSPS) is 17.3. The largest absolute Gasteiger partial charge is 0.416 e. The average Bonchev–Trinajstić information content (AvgIpc) is 2.79. The van der Waals surface area contributed by atoms with Crippen LogP contribution < -0.4 is 0 Å². The van der Waals surface area contributed by atoms with Crippen molar-refractivity contribution in [2.45, 2.75) is 64.5 Å². The van der Waals surface area contributed by atoms with E-state index in [1.807, 2.05) is 0 Å². The molecule has 19 heavy (non-hydrogen) atoms. The predicted molar refractivity (Wildman–Crippen MR) is 80.5 cm³/mol. The van der Waals surface area contributed by atoms with E-state index in [2.05, 4.69) is 45.7 Å². The molecule has 3 nitrogen and oxygen atoms in total. The van der Waals surface area contributed by atoms with Crippen LogP contribution in [0.5, 0.6) is 0 Å². The van der Waals surface area contributed by atoms with Crippen LogP contribution in [0.15, 0.2) is 0 Å². The highest BCUT2D eigenvalue weighted by molar-refractivity contribution is 6.74. The lowest BCUT2D eigenvalue weighted by Crippen LogP contribution is -2.40. The zero-order valence-electron chi connectivity index (χ0n) is 13.0. The number of hydrogen-bond acceptors (Lipinski definition) is 3.